The molecule has 0 aliphatic heterocycles. The number of carboxylic acids is 1. The molecule has 5 rings (SSSR count). The zero-order chi connectivity index (χ0) is 24.1. The van der Waals surface area contributed by atoms with Crippen molar-refractivity contribution < 1.29 is 24.3 Å². The molecule has 0 spiro atoms. The highest BCUT2D eigenvalue weighted by Gasteiger charge is 2.34. The molecule has 0 atom stereocenters. The summed E-state index contributed by atoms with van der Waals surface area (Å²) in [5.74, 6) is 0.411. The van der Waals surface area contributed by atoms with Crippen molar-refractivity contribution >= 4 is 29.2 Å². The van der Waals surface area contributed by atoms with Crippen LogP contribution in [0.15, 0.2) is 47.2 Å². The van der Waals surface area contributed by atoms with Gasteiger partial charge in [-0.2, -0.15) is 0 Å². The molecule has 0 bridgehead atoms. The van der Waals surface area contributed by atoms with E-state index in [0.29, 0.717) is 33.8 Å². The second-order valence-electron chi connectivity index (χ2n) is 8.53. The summed E-state index contributed by atoms with van der Waals surface area (Å²) in [5.41, 5.74) is 2.63. The summed E-state index contributed by atoms with van der Waals surface area (Å²) in [4.78, 5) is 13.8. The first kappa shape index (κ1) is 24.7. The van der Waals surface area contributed by atoms with E-state index in [0.717, 1.165) is 49.8 Å². The molecule has 3 aromatic rings. The van der Waals surface area contributed by atoms with E-state index in [1.807, 2.05) is 6.07 Å². The summed E-state index contributed by atoms with van der Waals surface area (Å²) < 4.78 is 11.8. The molecule has 0 amide bonds. The number of rotatable bonds is 6. The fourth-order valence-electron chi connectivity index (χ4n) is 3.96. The molecular formula is C25H26Cl2N2O5. The number of benzene rings is 1. The first-order valence-electron chi connectivity index (χ1n) is 11.3. The number of nitrogens with zero attached hydrogens (tertiary/aromatic N) is 2. The number of hydrogen-bond acceptors (Lipinski definition) is 6. The number of carboxylic acid groups (broad SMARTS) is 1. The highest BCUT2D eigenvalue weighted by molar-refractivity contribution is 6.39. The van der Waals surface area contributed by atoms with Crippen molar-refractivity contribution in [3.8, 4) is 11.3 Å². The molecule has 9 heteroatoms. The predicted octanol–water partition coefficient (Wildman–Crippen LogP) is 6.13. The van der Waals surface area contributed by atoms with Crippen LogP contribution < -0.4 is 0 Å². The summed E-state index contributed by atoms with van der Waals surface area (Å²) in [6, 6.07) is 8.33. The van der Waals surface area contributed by atoms with Crippen LogP contribution in [0.2, 0.25) is 10.0 Å². The van der Waals surface area contributed by atoms with Crippen molar-refractivity contribution in [3.05, 3.63) is 69.7 Å². The van der Waals surface area contributed by atoms with Crippen molar-refractivity contribution in [2.45, 2.75) is 63.3 Å². The third kappa shape index (κ3) is 6.16. The van der Waals surface area contributed by atoms with Gasteiger partial charge in [0.25, 0.3) is 0 Å². The predicted molar refractivity (Wildman–Crippen MR) is 128 cm³/mol. The highest BCUT2D eigenvalue weighted by Crippen LogP contribution is 2.46. The summed E-state index contributed by atoms with van der Waals surface area (Å²) in [6.45, 7) is 0.437. The second kappa shape index (κ2) is 11.3. The molecule has 2 aliphatic rings. The van der Waals surface area contributed by atoms with Gasteiger partial charge in [-0.25, -0.2) is 4.79 Å². The Balaban J connectivity index is 0.000000257. The molecule has 2 N–H and O–H groups in total. The van der Waals surface area contributed by atoms with E-state index < -0.39 is 5.97 Å². The van der Waals surface area contributed by atoms with E-state index in [9.17, 15) is 9.90 Å². The number of hydrogen-bond donors (Lipinski definition) is 2. The van der Waals surface area contributed by atoms with Gasteiger partial charge in [0, 0.05) is 29.4 Å². The van der Waals surface area contributed by atoms with Crippen LogP contribution in [0.5, 0.6) is 0 Å². The fraction of sp³-hybridized carbons (Fsp3) is 0.400. The number of carbonyl (C=O) groups is 1. The SMILES string of the molecule is O=C(O)c1ccncc1.OC1CCC(OCc2c(-c3c(Cl)cccc3Cl)noc2C2CC2)CC1. The van der Waals surface area contributed by atoms with Crippen LogP contribution in [0.4, 0.5) is 0 Å². The lowest BCUT2D eigenvalue weighted by atomic mass is 9.95. The minimum atomic E-state index is -0.919. The lowest BCUT2D eigenvalue weighted by Crippen LogP contribution is -2.24. The van der Waals surface area contributed by atoms with Crippen molar-refractivity contribution in [3.63, 3.8) is 0 Å². The molecule has 0 saturated heterocycles. The Kier molecular flexibility index (Phi) is 8.21. The van der Waals surface area contributed by atoms with Crippen LogP contribution in [0.25, 0.3) is 11.3 Å². The second-order valence-corrected chi connectivity index (χ2v) is 9.34. The smallest absolute Gasteiger partial charge is 0.335 e. The topological polar surface area (TPSA) is 106 Å². The third-order valence-corrected chi connectivity index (χ3v) is 6.63. The first-order valence-corrected chi connectivity index (χ1v) is 12.1. The Bertz CT molecular complexity index is 1090. The van der Waals surface area contributed by atoms with E-state index in [4.69, 9.17) is 37.6 Å². The maximum atomic E-state index is 10.2. The average molecular weight is 505 g/mol. The van der Waals surface area contributed by atoms with Gasteiger partial charge in [-0.1, -0.05) is 34.4 Å². The molecule has 0 radical (unpaired) electrons. The molecule has 2 fully saturated rings. The summed E-state index contributed by atoms with van der Waals surface area (Å²) in [7, 11) is 0. The van der Waals surface area contributed by atoms with Gasteiger partial charge >= 0.3 is 5.97 Å². The number of aromatic nitrogens is 2. The molecule has 1 aromatic carbocycles. The molecule has 2 saturated carbocycles. The monoisotopic (exact) mass is 504 g/mol. The van der Waals surface area contributed by atoms with E-state index in [1.54, 1.807) is 12.1 Å². The van der Waals surface area contributed by atoms with Gasteiger partial charge in [0.05, 0.1) is 34.4 Å². The first-order chi connectivity index (χ1) is 16.4. The normalized spacial score (nSPS) is 19.9. The van der Waals surface area contributed by atoms with Crippen LogP contribution in [0, 0.1) is 0 Å². The van der Waals surface area contributed by atoms with E-state index in [2.05, 4.69) is 10.1 Å². The van der Waals surface area contributed by atoms with Gasteiger partial charge in [0.15, 0.2) is 0 Å². The van der Waals surface area contributed by atoms with Gasteiger partial charge in [0.2, 0.25) is 0 Å². The fourth-order valence-corrected chi connectivity index (χ4v) is 4.53. The van der Waals surface area contributed by atoms with Crippen molar-refractivity contribution in [2.75, 3.05) is 0 Å². The van der Waals surface area contributed by atoms with Crippen LogP contribution in [0.1, 0.15) is 66.1 Å². The molecule has 7 nitrogen and oxygen atoms in total. The maximum absolute atomic E-state index is 10.2. The van der Waals surface area contributed by atoms with E-state index in [-0.39, 0.29) is 17.8 Å². The summed E-state index contributed by atoms with van der Waals surface area (Å²) >= 11 is 12.7. The molecule has 2 heterocycles. The molecule has 180 valence electrons. The molecular weight excluding hydrogens is 479 g/mol. The number of aliphatic hydroxyl groups is 1. The van der Waals surface area contributed by atoms with Crippen LogP contribution in [-0.4, -0.2) is 38.5 Å². The zero-order valence-electron chi connectivity index (χ0n) is 18.5. The minimum Gasteiger partial charge on any atom is -0.478 e. The lowest BCUT2D eigenvalue weighted by molar-refractivity contribution is -0.0121. The van der Waals surface area contributed by atoms with Gasteiger partial charge < -0.3 is 19.5 Å². The Morgan fingerprint density at radius 2 is 1.68 bits per heavy atom. The van der Waals surface area contributed by atoms with Gasteiger partial charge in [0.1, 0.15) is 11.5 Å². The number of aliphatic hydroxyl groups excluding tert-OH is 1. The maximum Gasteiger partial charge on any atom is 0.335 e. The number of pyridine rings is 1. The highest BCUT2D eigenvalue weighted by atomic mass is 35.5. The van der Waals surface area contributed by atoms with Crippen LogP contribution >= 0.6 is 23.2 Å². The van der Waals surface area contributed by atoms with Crippen molar-refractivity contribution in [1.82, 2.24) is 10.1 Å². The number of aromatic carboxylic acids is 1. The third-order valence-electron chi connectivity index (χ3n) is 6.00. The van der Waals surface area contributed by atoms with Gasteiger partial charge in [-0.15, -0.1) is 0 Å². The summed E-state index contributed by atoms with van der Waals surface area (Å²) in [5, 5.41) is 23.4. The zero-order valence-corrected chi connectivity index (χ0v) is 20.0. The molecule has 2 aliphatic carbocycles. The summed E-state index contributed by atoms with van der Waals surface area (Å²) in [6.07, 6.45) is 8.48. The standard InChI is InChI=1S/C19H21Cl2NO3.C6H5NO2/c20-15-2-1-3-16(21)17(15)18-14(19(25-22-18)11-4-5-11)10-24-13-8-6-12(23)7-9-13;8-6(9)5-1-3-7-4-2-5/h1-3,11-13,23H,4-10H2;1-4H,(H,8,9). The number of ether oxygens (including phenoxy) is 1. The quantitative estimate of drug-likeness (QED) is 0.415. The van der Waals surface area contributed by atoms with Gasteiger partial charge in [-0.3, -0.25) is 4.98 Å². The van der Waals surface area contributed by atoms with Crippen molar-refractivity contribution in [2.24, 2.45) is 0 Å². The number of halogens is 2. The molecule has 34 heavy (non-hydrogen) atoms. The van der Waals surface area contributed by atoms with Crippen LogP contribution in [-0.2, 0) is 11.3 Å². The van der Waals surface area contributed by atoms with Crippen LogP contribution in [0.3, 0.4) is 0 Å². The Labute approximate surface area is 207 Å². The largest absolute Gasteiger partial charge is 0.478 e. The van der Waals surface area contributed by atoms with Crippen molar-refractivity contribution in [1.29, 1.82) is 0 Å². The molecule has 0 unspecified atom stereocenters. The Hall–Kier alpha value is -2.45. The minimum absolute atomic E-state index is 0.167. The average Bonchev–Trinajstić information content (AvgIpc) is 3.60. The van der Waals surface area contributed by atoms with E-state index >= 15 is 0 Å². The van der Waals surface area contributed by atoms with E-state index in [1.165, 1.54) is 24.5 Å². The Morgan fingerprint density at radius 3 is 2.24 bits per heavy atom. The van der Waals surface area contributed by atoms with Gasteiger partial charge in [-0.05, 0) is 62.8 Å². The lowest BCUT2D eigenvalue weighted by Gasteiger charge is -2.25. The Morgan fingerprint density at radius 1 is 1.03 bits per heavy atom. The molecule has 2 aromatic heterocycles.